The monoisotopic (exact) mass is 635 g/mol. The molecule has 0 unspecified atom stereocenters. The molecular weight excluding hydrogens is 610 g/mol. The third kappa shape index (κ3) is 5.00. The fourth-order valence-electron chi connectivity index (χ4n) is 6.62. The summed E-state index contributed by atoms with van der Waals surface area (Å²) in [7, 11) is 0. The summed E-state index contributed by atoms with van der Waals surface area (Å²) in [5.41, 5.74) is 10.1. The molecule has 0 atom stereocenters. The minimum Gasteiger partial charge on any atom is -0.456 e. The van der Waals surface area contributed by atoms with Gasteiger partial charge in [0.2, 0.25) is 5.28 Å². The molecule has 0 aliphatic rings. The van der Waals surface area contributed by atoms with Crippen molar-refractivity contribution in [2.75, 3.05) is 0 Å². The molecule has 48 heavy (non-hydrogen) atoms. The lowest BCUT2D eigenvalue weighted by Gasteiger charge is -2.12. The highest BCUT2D eigenvalue weighted by Gasteiger charge is 2.15. The number of nitrogens with zero attached hydrogens (tertiary/aromatic N) is 3. The van der Waals surface area contributed by atoms with Gasteiger partial charge >= 0.3 is 0 Å². The van der Waals surface area contributed by atoms with E-state index in [2.05, 4.69) is 125 Å². The first kappa shape index (κ1) is 28.1. The summed E-state index contributed by atoms with van der Waals surface area (Å²) in [5.74, 6) is 1.05. The zero-order valence-corrected chi connectivity index (χ0v) is 26.4. The predicted octanol–water partition coefficient (Wildman–Crippen LogP) is 11.9. The molecule has 9 rings (SSSR count). The number of benzene rings is 7. The molecule has 0 N–H and O–H groups in total. The molecule has 226 valence electrons. The van der Waals surface area contributed by atoms with Crippen molar-refractivity contribution in [1.29, 1.82) is 0 Å². The van der Waals surface area contributed by atoms with Crippen LogP contribution in [0.3, 0.4) is 0 Å². The lowest BCUT2D eigenvalue weighted by atomic mass is 9.93. The number of rotatable bonds is 5. The molecule has 9 aromatic rings. The van der Waals surface area contributed by atoms with Gasteiger partial charge in [-0.1, -0.05) is 127 Å². The highest BCUT2D eigenvalue weighted by Crippen LogP contribution is 2.38. The smallest absolute Gasteiger partial charge is 0.226 e. The average Bonchev–Trinajstić information content (AvgIpc) is 3.52. The number of fused-ring (bicyclic) bond motifs is 4. The summed E-state index contributed by atoms with van der Waals surface area (Å²) in [6.07, 6.45) is 0. The van der Waals surface area contributed by atoms with Crippen LogP contribution < -0.4 is 0 Å². The second-order valence-corrected chi connectivity index (χ2v) is 12.1. The fourth-order valence-corrected chi connectivity index (χ4v) is 6.78. The van der Waals surface area contributed by atoms with E-state index in [1.165, 1.54) is 10.8 Å². The number of aromatic nitrogens is 3. The van der Waals surface area contributed by atoms with Crippen molar-refractivity contribution in [1.82, 2.24) is 15.0 Å². The topological polar surface area (TPSA) is 51.8 Å². The van der Waals surface area contributed by atoms with E-state index in [9.17, 15) is 0 Å². The van der Waals surface area contributed by atoms with Crippen LogP contribution in [0.15, 0.2) is 162 Å². The molecule has 2 heterocycles. The van der Waals surface area contributed by atoms with Gasteiger partial charge in [0, 0.05) is 21.9 Å². The van der Waals surface area contributed by atoms with Gasteiger partial charge in [-0.25, -0.2) is 4.98 Å². The Hall–Kier alpha value is -6.10. The maximum Gasteiger partial charge on any atom is 0.226 e. The van der Waals surface area contributed by atoms with Crippen molar-refractivity contribution in [2.24, 2.45) is 0 Å². The molecule has 2 aromatic heterocycles. The van der Waals surface area contributed by atoms with Crippen molar-refractivity contribution in [3.63, 3.8) is 0 Å². The highest BCUT2D eigenvalue weighted by molar-refractivity contribution is 6.28. The molecule has 0 aliphatic carbocycles. The standard InChI is InChI=1S/C43H26ClN3O/c44-43-46-41(45-42(47-43)32-15-8-13-29(25-32)36-20-9-11-27-10-1-2-16-33(27)36)31-14-7-12-28(24-31)34-17-3-4-18-35(34)30-22-23-40-38(26-30)37-19-5-6-21-39(37)48-40/h1-26H. The van der Waals surface area contributed by atoms with Crippen LogP contribution in [0.2, 0.25) is 5.28 Å². The number of hydrogen-bond acceptors (Lipinski definition) is 4. The van der Waals surface area contributed by atoms with Crippen molar-refractivity contribution >= 4 is 44.3 Å². The summed E-state index contributed by atoms with van der Waals surface area (Å²) in [5, 5.41) is 4.75. The van der Waals surface area contributed by atoms with E-state index in [1.54, 1.807) is 0 Å². The predicted molar refractivity (Wildman–Crippen MR) is 197 cm³/mol. The Kier molecular flexibility index (Phi) is 6.81. The van der Waals surface area contributed by atoms with Gasteiger partial charge in [-0.05, 0) is 86.1 Å². The molecule has 4 nitrogen and oxygen atoms in total. The van der Waals surface area contributed by atoms with Crippen molar-refractivity contribution in [3.8, 4) is 56.2 Å². The molecule has 0 aliphatic heterocycles. The largest absolute Gasteiger partial charge is 0.456 e. The Morgan fingerprint density at radius 3 is 1.65 bits per heavy atom. The van der Waals surface area contributed by atoms with Crippen molar-refractivity contribution < 1.29 is 4.42 Å². The first-order chi connectivity index (χ1) is 23.7. The fraction of sp³-hybridized carbons (Fsp3) is 0. The second kappa shape index (κ2) is 11.6. The SMILES string of the molecule is Clc1nc(-c2cccc(-c3ccccc3-c3ccc4oc5ccccc5c4c3)c2)nc(-c2cccc(-c3cccc4ccccc34)c2)n1. The van der Waals surface area contributed by atoms with E-state index in [4.69, 9.17) is 21.0 Å². The zero-order valence-electron chi connectivity index (χ0n) is 25.6. The van der Waals surface area contributed by atoms with Crippen LogP contribution in [0.25, 0.3) is 88.9 Å². The molecule has 7 aromatic carbocycles. The first-order valence-electron chi connectivity index (χ1n) is 15.8. The summed E-state index contributed by atoms with van der Waals surface area (Å²) in [4.78, 5) is 14.0. The summed E-state index contributed by atoms with van der Waals surface area (Å²) < 4.78 is 6.09. The summed E-state index contributed by atoms with van der Waals surface area (Å²) in [6.45, 7) is 0. The van der Waals surface area contributed by atoms with E-state index >= 15 is 0 Å². The number of para-hydroxylation sites is 1. The molecule has 0 saturated heterocycles. The van der Waals surface area contributed by atoms with E-state index in [-0.39, 0.29) is 5.28 Å². The van der Waals surface area contributed by atoms with Crippen LogP contribution in [-0.2, 0) is 0 Å². The molecular formula is C43H26ClN3O. The summed E-state index contributed by atoms with van der Waals surface area (Å²) >= 11 is 6.56. The van der Waals surface area contributed by atoms with Gasteiger partial charge in [-0.3, -0.25) is 0 Å². The van der Waals surface area contributed by atoms with Gasteiger partial charge < -0.3 is 4.42 Å². The van der Waals surface area contributed by atoms with Gasteiger partial charge in [0.05, 0.1) is 0 Å². The lowest BCUT2D eigenvalue weighted by Crippen LogP contribution is -1.98. The Labute approximate surface area is 282 Å². The van der Waals surface area contributed by atoms with E-state index < -0.39 is 0 Å². The van der Waals surface area contributed by atoms with E-state index in [0.29, 0.717) is 11.6 Å². The number of hydrogen-bond donors (Lipinski definition) is 0. The Morgan fingerprint density at radius 2 is 0.896 bits per heavy atom. The van der Waals surface area contributed by atoms with Crippen LogP contribution in [-0.4, -0.2) is 15.0 Å². The normalized spacial score (nSPS) is 11.4. The molecule has 0 amide bonds. The molecule has 5 heteroatoms. The lowest BCUT2D eigenvalue weighted by molar-refractivity contribution is 0.669. The minimum absolute atomic E-state index is 0.150. The van der Waals surface area contributed by atoms with Gasteiger partial charge in [-0.2, -0.15) is 9.97 Å². The average molecular weight is 636 g/mol. The Bertz CT molecular complexity index is 2650. The second-order valence-electron chi connectivity index (χ2n) is 11.8. The molecule has 0 radical (unpaired) electrons. The Morgan fingerprint density at radius 1 is 0.375 bits per heavy atom. The molecule has 0 saturated carbocycles. The third-order valence-electron chi connectivity index (χ3n) is 8.88. The van der Waals surface area contributed by atoms with Gasteiger partial charge in [0.1, 0.15) is 11.2 Å². The number of furan rings is 1. The van der Waals surface area contributed by atoms with Gasteiger partial charge in [-0.15, -0.1) is 0 Å². The molecule has 0 spiro atoms. The zero-order chi connectivity index (χ0) is 32.0. The first-order valence-corrected chi connectivity index (χ1v) is 16.2. The van der Waals surface area contributed by atoms with Crippen LogP contribution in [0.5, 0.6) is 0 Å². The van der Waals surface area contributed by atoms with Gasteiger partial charge in [0.25, 0.3) is 0 Å². The quantitative estimate of drug-likeness (QED) is 0.189. The van der Waals surface area contributed by atoms with E-state index in [1.807, 2.05) is 42.5 Å². The van der Waals surface area contributed by atoms with Crippen molar-refractivity contribution in [2.45, 2.75) is 0 Å². The maximum absolute atomic E-state index is 6.56. The Balaban J connectivity index is 1.10. The molecule has 0 fully saturated rings. The van der Waals surface area contributed by atoms with Crippen LogP contribution in [0.4, 0.5) is 0 Å². The van der Waals surface area contributed by atoms with Crippen molar-refractivity contribution in [3.05, 3.63) is 163 Å². The third-order valence-corrected chi connectivity index (χ3v) is 9.05. The highest BCUT2D eigenvalue weighted by atomic mass is 35.5. The summed E-state index contributed by atoms with van der Waals surface area (Å²) in [6, 6.07) is 54.3. The van der Waals surface area contributed by atoms with Crippen LogP contribution in [0, 0.1) is 0 Å². The molecule has 0 bridgehead atoms. The van der Waals surface area contributed by atoms with Crippen LogP contribution in [0.1, 0.15) is 0 Å². The maximum atomic E-state index is 6.56. The van der Waals surface area contributed by atoms with E-state index in [0.717, 1.165) is 66.4 Å². The van der Waals surface area contributed by atoms with Gasteiger partial charge in [0.15, 0.2) is 11.6 Å². The number of halogens is 1. The van der Waals surface area contributed by atoms with Crippen LogP contribution >= 0.6 is 11.6 Å². The minimum atomic E-state index is 0.150.